The summed E-state index contributed by atoms with van der Waals surface area (Å²) in [6.07, 6.45) is 1.56. The highest BCUT2D eigenvalue weighted by Gasteiger charge is 2.22. The second kappa shape index (κ2) is 7.23. The van der Waals surface area contributed by atoms with Crippen molar-refractivity contribution in [2.24, 2.45) is 0 Å². The van der Waals surface area contributed by atoms with E-state index >= 15 is 0 Å². The van der Waals surface area contributed by atoms with E-state index in [-0.39, 0.29) is 11.9 Å². The summed E-state index contributed by atoms with van der Waals surface area (Å²) >= 11 is 7.91. The number of aromatic nitrogens is 2. The molecule has 7 heteroatoms. The summed E-state index contributed by atoms with van der Waals surface area (Å²) in [7, 11) is 3.81. The van der Waals surface area contributed by atoms with Crippen LogP contribution in [0.2, 0.25) is 5.02 Å². The van der Waals surface area contributed by atoms with Crippen LogP contribution < -0.4 is 5.32 Å². The van der Waals surface area contributed by atoms with Gasteiger partial charge in [0.15, 0.2) is 0 Å². The Bertz CT molecular complexity index is 889. The van der Waals surface area contributed by atoms with Crippen LogP contribution in [0.15, 0.2) is 24.5 Å². The molecule has 3 rings (SSSR count). The average molecular weight is 379 g/mol. The molecule has 2 heterocycles. The summed E-state index contributed by atoms with van der Waals surface area (Å²) in [5.74, 6) is 0.467. The number of aryl methyl sites for hydroxylation is 2. The molecule has 25 heavy (non-hydrogen) atoms. The zero-order valence-electron chi connectivity index (χ0n) is 14.6. The molecule has 0 aliphatic carbocycles. The number of halogens is 2. The first-order chi connectivity index (χ1) is 11.9. The number of thiophene rings is 1. The predicted molar refractivity (Wildman–Crippen MR) is 103 cm³/mol. The van der Waals surface area contributed by atoms with Crippen molar-refractivity contribution in [2.75, 3.05) is 26.0 Å². The van der Waals surface area contributed by atoms with Gasteiger partial charge in [-0.2, -0.15) is 0 Å². The summed E-state index contributed by atoms with van der Waals surface area (Å²) in [5, 5.41) is 4.82. The molecule has 0 aliphatic rings. The average Bonchev–Trinajstić information content (AvgIpc) is 2.85. The second-order valence-electron chi connectivity index (χ2n) is 6.18. The SMILES string of the molecule is Cc1sc2ncnc(NCC(c3c(F)cccc3Cl)N(C)C)c2c1C. The number of benzene rings is 1. The minimum absolute atomic E-state index is 0.223. The number of nitrogens with one attached hydrogen (secondary N) is 1. The topological polar surface area (TPSA) is 41.1 Å². The van der Waals surface area contributed by atoms with Crippen LogP contribution >= 0.6 is 22.9 Å². The number of rotatable bonds is 5. The first kappa shape index (κ1) is 18.0. The fourth-order valence-electron chi connectivity index (χ4n) is 2.88. The smallest absolute Gasteiger partial charge is 0.138 e. The van der Waals surface area contributed by atoms with E-state index in [4.69, 9.17) is 11.6 Å². The van der Waals surface area contributed by atoms with E-state index in [1.807, 2.05) is 19.0 Å². The van der Waals surface area contributed by atoms with Crippen molar-refractivity contribution in [3.8, 4) is 0 Å². The van der Waals surface area contributed by atoms with E-state index in [9.17, 15) is 4.39 Å². The Hall–Kier alpha value is -1.76. The van der Waals surface area contributed by atoms with Crippen molar-refractivity contribution in [1.29, 1.82) is 0 Å². The fourth-order valence-corrected chi connectivity index (χ4v) is 4.17. The minimum Gasteiger partial charge on any atom is -0.367 e. The predicted octanol–water partition coefficient (Wildman–Crippen LogP) is 4.82. The van der Waals surface area contributed by atoms with Crippen molar-refractivity contribution >= 4 is 39.0 Å². The Morgan fingerprint density at radius 1 is 1.28 bits per heavy atom. The molecule has 132 valence electrons. The van der Waals surface area contributed by atoms with Crippen molar-refractivity contribution in [3.05, 3.63) is 51.4 Å². The maximum absolute atomic E-state index is 14.3. The molecule has 0 spiro atoms. The second-order valence-corrected chi connectivity index (χ2v) is 7.79. The molecular weight excluding hydrogens is 359 g/mol. The van der Waals surface area contributed by atoms with E-state index in [1.54, 1.807) is 29.8 Å². The zero-order chi connectivity index (χ0) is 18.1. The third-order valence-electron chi connectivity index (χ3n) is 4.38. The third kappa shape index (κ3) is 3.47. The van der Waals surface area contributed by atoms with E-state index in [0.29, 0.717) is 17.1 Å². The van der Waals surface area contributed by atoms with Gasteiger partial charge < -0.3 is 10.2 Å². The highest BCUT2D eigenvalue weighted by atomic mass is 35.5. The molecule has 4 nitrogen and oxygen atoms in total. The standard InChI is InChI=1S/C18H20ClFN4S/c1-10-11(2)25-18-15(10)17(22-9-23-18)21-8-14(24(3)4)16-12(19)6-5-7-13(16)20/h5-7,9,14H,8H2,1-4H3,(H,21,22,23). The maximum Gasteiger partial charge on any atom is 0.138 e. The van der Waals surface area contributed by atoms with Gasteiger partial charge in [-0.15, -0.1) is 11.3 Å². The van der Waals surface area contributed by atoms with Gasteiger partial charge in [0, 0.05) is 22.0 Å². The Morgan fingerprint density at radius 3 is 2.72 bits per heavy atom. The lowest BCUT2D eigenvalue weighted by molar-refractivity contribution is 0.304. The molecule has 0 bridgehead atoms. The molecule has 1 unspecified atom stereocenters. The molecule has 3 aromatic rings. The Kier molecular flexibility index (Phi) is 5.22. The molecule has 0 saturated heterocycles. The normalized spacial score (nSPS) is 12.8. The molecule has 2 aromatic heterocycles. The highest BCUT2D eigenvalue weighted by Crippen LogP contribution is 2.34. The lowest BCUT2D eigenvalue weighted by Gasteiger charge is -2.26. The Morgan fingerprint density at radius 2 is 2.04 bits per heavy atom. The maximum atomic E-state index is 14.3. The number of fused-ring (bicyclic) bond motifs is 1. The van der Waals surface area contributed by atoms with Crippen LogP contribution in [0.3, 0.4) is 0 Å². The lowest BCUT2D eigenvalue weighted by atomic mass is 10.0. The highest BCUT2D eigenvalue weighted by molar-refractivity contribution is 7.18. The fraction of sp³-hybridized carbons (Fsp3) is 0.333. The van der Waals surface area contributed by atoms with Gasteiger partial charge >= 0.3 is 0 Å². The summed E-state index contributed by atoms with van der Waals surface area (Å²) < 4.78 is 14.3. The lowest BCUT2D eigenvalue weighted by Crippen LogP contribution is -2.28. The van der Waals surface area contributed by atoms with Crippen LogP contribution in [0.4, 0.5) is 10.2 Å². The molecule has 1 N–H and O–H groups in total. The number of hydrogen-bond acceptors (Lipinski definition) is 5. The van der Waals surface area contributed by atoms with Gasteiger partial charge in [0.25, 0.3) is 0 Å². The van der Waals surface area contributed by atoms with E-state index in [0.717, 1.165) is 16.0 Å². The van der Waals surface area contributed by atoms with Crippen LogP contribution in [0.5, 0.6) is 0 Å². The minimum atomic E-state index is -0.302. The quantitative estimate of drug-likeness (QED) is 0.691. The van der Waals surface area contributed by atoms with Gasteiger partial charge in [-0.05, 0) is 45.6 Å². The van der Waals surface area contributed by atoms with Gasteiger partial charge in [-0.3, -0.25) is 0 Å². The molecule has 1 atom stereocenters. The van der Waals surface area contributed by atoms with E-state index in [1.165, 1.54) is 16.5 Å². The summed E-state index contributed by atoms with van der Waals surface area (Å²) in [6.45, 7) is 4.63. The summed E-state index contributed by atoms with van der Waals surface area (Å²) in [6, 6.07) is 4.55. The van der Waals surface area contributed by atoms with E-state index in [2.05, 4.69) is 29.1 Å². The van der Waals surface area contributed by atoms with Crippen molar-refractivity contribution in [3.63, 3.8) is 0 Å². The molecule has 0 radical (unpaired) electrons. The molecular formula is C18H20ClFN4S. The van der Waals surface area contributed by atoms with Gasteiger partial charge in [0.2, 0.25) is 0 Å². The third-order valence-corrected chi connectivity index (χ3v) is 5.83. The number of likely N-dealkylation sites (N-methyl/N-ethyl adjacent to an activating group) is 1. The van der Waals surface area contributed by atoms with Crippen molar-refractivity contribution in [1.82, 2.24) is 14.9 Å². The first-order valence-electron chi connectivity index (χ1n) is 7.95. The molecule has 0 saturated carbocycles. The number of nitrogens with zero attached hydrogens (tertiary/aromatic N) is 3. The van der Waals surface area contributed by atoms with E-state index < -0.39 is 0 Å². The van der Waals surface area contributed by atoms with Crippen LogP contribution in [0, 0.1) is 19.7 Å². The Labute approximate surface area is 155 Å². The number of anilines is 1. The number of hydrogen-bond donors (Lipinski definition) is 1. The van der Waals surface area contributed by atoms with Crippen LogP contribution in [-0.2, 0) is 0 Å². The van der Waals surface area contributed by atoms with Crippen molar-refractivity contribution in [2.45, 2.75) is 19.9 Å². The zero-order valence-corrected chi connectivity index (χ0v) is 16.2. The van der Waals surface area contributed by atoms with Gasteiger partial charge in [0.1, 0.15) is 22.8 Å². The molecule has 1 aromatic carbocycles. The van der Waals surface area contributed by atoms with Gasteiger partial charge in [-0.1, -0.05) is 17.7 Å². The van der Waals surface area contributed by atoms with Crippen LogP contribution in [0.1, 0.15) is 22.0 Å². The van der Waals surface area contributed by atoms with Crippen LogP contribution in [0.25, 0.3) is 10.2 Å². The summed E-state index contributed by atoms with van der Waals surface area (Å²) in [4.78, 5) is 12.9. The van der Waals surface area contributed by atoms with Crippen LogP contribution in [-0.4, -0.2) is 35.5 Å². The Balaban J connectivity index is 1.93. The largest absolute Gasteiger partial charge is 0.367 e. The molecule has 0 fully saturated rings. The first-order valence-corrected chi connectivity index (χ1v) is 9.14. The van der Waals surface area contributed by atoms with Gasteiger partial charge in [-0.25, -0.2) is 14.4 Å². The molecule has 0 aliphatic heterocycles. The monoisotopic (exact) mass is 378 g/mol. The van der Waals surface area contributed by atoms with Gasteiger partial charge in [0.05, 0.1) is 11.4 Å². The summed E-state index contributed by atoms with van der Waals surface area (Å²) in [5.41, 5.74) is 1.67. The molecule has 0 amide bonds. The van der Waals surface area contributed by atoms with Crippen molar-refractivity contribution < 1.29 is 4.39 Å².